The zero-order valence-corrected chi connectivity index (χ0v) is 12.6. The van der Waals surface area contributed by atoms with Gasteiger partial charge in [0.2, 0.25) is 5.91 Å². The molecule has 0 bridgehead atoms. The lowest BCUT2D eigenvalue weighted by atomic mass is 10.1. The van der Waals surface area contributed by atoms with Crippen LogP contribution in [0.25, 0.3) is 0 Å². The van der Waals surface area contributed by atoms with E-state index in [0.717, 1.165) is 39.0 Å². The monoisotopic (exact) mass is 287 g/mol. The Morgan fingerprint density at radius 3 is 2.90 bits per heavy atom. The first-order valence-corrected chi connectivity index (χ1v) is 8.11. The van der Waals surface area contributed by atoms with Gasteiger partial charge in [-0.25, -0.2) is 0 Å². The Kier molecular flexibility index (Phi) is 4.76. The van der Waals surface area contributed by atoms with Crippen LogP contribution >= 0.6 is 0 Å². The van der Waals surface area contributed by atoms with Crippen LogP contribution in [0.2, 0.25) is 0 Å². The summed E-state index contributed by atoms with van der Waals surface area (Å²) < 4.78 is 0. The summed E-state index contributed by atoms with van der Waals surface area (Å²) in [6, 6.07) is 10.9. The van der Waals surface area contributed by atoms with Crippen molar-refractivity contribution in [2.45, 2.75) is 31.7 Å². The molecule has 2 saturated heterocycles. The van der Waals surface area contributed by atoms with Gasteiger partial charge in [-0.2, -0.15) is 0 Å². The third-order valence-electron chi connectivity index (χ3n) is 4.59. The molecular weight excluding hydrogens is 262 g/mol. The van der Waals surface area contributed by atoms with E-state index < -0.39 is 0 Å². The summed E-state index contributed by atoms with van der Waals surface area (Å²) in [6.45, 7) is 4.02. The summed E-state index contributed by atoms with van der Waals surface area (Å²) in [6.07, 6.45) is 4.14. The van der Waals surface area contributed by atoms with Gasteiger partial charge in [-0.3, -0.25) is 4.79 Å². The normalized spacial score (nSPS) is 25.2. The molecule has 1 aromatic carbocycles. The number of rotatable bonds is 5. The number of nitrogens with zero attached hydrogens (tertiary/aromatic N) is 1. The summed E-state index contributed by atoms with van der Waals surface area (Å²) in [5.74, 6) is 0.776. The minimum absolute atomic E-state index is 0.201. The molecule has 4 heteroatoms. The first-order valence-electron chi connectivity index (χ1n) is 8.11. The van der Waals surface area contributed by atoms with E-state index in [1.54, 1.807) is 0 Å². The fourth-order valence-electron chi connectivity index (χ4n) is 3.36. The number of para-hydroxylation sites is 1. The SMILES string of the molecule is O=C(CC1CCCN1)NCC1CCN(c2ccccc2)C1. The average molecular weight is 287 g/mol. The molecule has 2 N–H and O–H groups in total. The second kappa shape index (κ2) is 6.94. The van der Waals surface area contributed by atoms with Crippen molar-refractivity contribution in [1.82, 2.24) is 10.6 Å². The lowest BCUT2D eigenvalue weighted by Crippen LogP contribution is -2.35. The van der Waals surface area contributed by atoms with Gasteiger partial charge < -0.3 is 15.5 Å². The van der Waals surface area contributed by atoms with Crippen LogP contribution in [0.15, 0.2) is 30.3 Å². The highest BCUT2D eigenvalue weighted by Crippen LogP contribution is 2.23. The summed E-state index contributed by atoms with van der Waals surface area (Å²) in [5.41, 5.74) is 1.29. The molecular formula is C17H25N3O. The maximum Gasteiger partial charge on any atom is 0.221 e. The van der Waals surface area contributed by atoms with Crippen molar-refractivity contribution in [2.75, 3.05) is 31.1 Å². The van der Waals surface area contributed by atoms with Gasteiger partial charge in [0.15, 0.2) is 0 Å². The van der Waals surface area contributed by atoms with Crippen molar-refractivity contribution in [1.29, 1.82) is 0 Å². The van der Waals surface area contributed by atoms with Crippen LogP contribution in [-0.2, 0) is 4.79 Å². The molecule has 0 aromatic heterocycles. The second-order valence-corrected chi connectivity index (χ2v) is 6.24. The smallest absolute Gasteiger partial charge is 0.221 e. The maximum absolute atomic E-state index is 11.9. The Balaban J connectivity index is 1.39. The highest BCUT2D eigenvalue weighted by molar-refractivity contribution is 5.76. The number of anilines is 1. The molecule has 4 nitrogen and oxygen atoms in total. The Hall–Kier alpha value is -1.55. The molecule has 3 rings (SSSR count). The first kappa shape index (κ1) is 14.4. The zero-order valence-electron chi connectivity index (χ0n) is 12.6. The molecule has 1 amide bonds. The molecule has 0 saturated carbocycles. The second-order valence-electron chi connectivity index (χ2n) is 6.24. The van der Waals surface area contributed by atoms with Gasteiger partial charge in [0.1, 0.15) is 0 Å². The molecule has 0 spiro atoms. The number of nitrogens with one attached hydrogen (secondary N) is 2. The summed E-state index contributed by atoms with van der Waals surface area (Å²) >= 11 is 0. The number of hydrogen-bond acceptors (Lipinski definition) is 3. The van der Waals surface area contributed by atoms with E-state index in [1.165, 1.54) is 12.1 Å². The largest absolute Gasteiger partial charge is 0.371 e. The van der Waals surface area contributed by atoms with Gasteiger partial charge in [-0.05, 0) is 43.9 Å². The Morgan fingerprint density at radius 2 is 2.14 bits per heavy atom. The molecule has 0 aliphatic carbocycles. The number of hydrogen-bond donors (Lipinski definition) is 2. The van der Waals surface area contributed by atoms with E-state index >= 15 is 0 Å². The highest BCUT2D eigenvalue weighted by Gasteiger charge is 2.23. The zero-order chi connectivity index (χ0) is 14.5. The lowest BCUT2D eigenvalue weighted by Gasteiger charge is -2.19. The standard InChI is InChI=1S/C17H25N3O/c21-17(11-15-5-4-9-18-15)19-12-14-8-10-20(13-14)16-6-2-1-3-7-16/h1-3,6-7,14-15,18H,4-5,8-13H2,(H,19,21). The number of carbonyl (C=O) groups is 1. The van der Waals surface area contributed by atoms with Crippen molar-refractivity contribution in [3.63, 3.8) is 0 Å². The van der Waals surface area contributed by atoms with Gasteiger partial charge in [-0.15, -0.1) is 0 Å². The Labute approximate surface area is 126 Å². The van der Waals surface area contributed by atoms with Gasteiger partial charge >= 0.3 is 0 Å². The van der Waals surface area contributed by atoms with E-state index in [-0.39, 0.29) is 5.91 Å². The van der Waals surface area contributed by atoms with Crippen LogP contribution in [0.1, 0.15) is 25.7 Å². The topological polar surface area (TPSA) is 44.4 Å². The predicted octanol–water partition coefficient (Wildman–Crippen LogP) is 1.77. The van der Waals surface area contributed by atoms with Crippen LogP contribution in [0, 0.1) is 5.92 Å². The van der Waals surface area contributed by atoms with Crippen LogP contribution in [-0.4, -0.2) is 38.1 Å². The average Bonchev–Trinajstić information content (AvgIpc) is 3.17. The van der Waals surface area contributed by atoms with Gasteiger partial charge in [0.25, 0.3) is 0 Å². The molecule has 2 atom stereocenters. The molecule has 2 aliphatic heterocycles. The van der Waals surface area contributed by atoms with E-state index in [1.807, 2.05) is 6.07 Å². The van der Waals surface area contributed by atoms with E-state index in [0.29, 0.717) is 18.4 Å². The Bertz CT molecular complexity index is 456. The molecule has 1 aromatic rings. The van der Waals surface area contributed by atoms with Gasteiger partial charge in [0, 0.05) is 37.8 Å². The summed E-state index contributed by atoms with van der Waals surface area (Å²) in [5, 5.41) is 6.49. The quantitative estimate of drug-likeness (QED) is 0.867. The number of carbonyl (C=O) groups excluding carboxylic acids is 1. The van der Waals surface area contributed by atoms with Gasteiger partial charge in [0.05, 0.1) is 0 Å². The molecule has 114 valence electrons. The third kappa shape index (κ3) is 3.97. The van der Waals surface area contributed by atoms with Gasteiger partial charge in [-0.1, -0.05) is 18.2 Å². The Morgan fingerprint density at radius 1 is 1.29 bits per heavy atom. The van der Waals surface area contributed by atoms with Crippen molar-refractivity contribution in [3.05, 3.63) is 30.3 Å². The van der Waals surface area contributed by atoms with Crippen molar-refractivity contribution < 1.29 is 4.79 Å². The fourth-order valence-corrected chi connectivity index (χ4v) is 3.36. The fraction of sp³-hybridized carbons (Fsp3) is 0.588. The number of benzene rings is 1. The highest BCUT2D eigenvalue weighted by atomic mass is 16.1. The molecule has 0 radical (unpaired) electrons. The minimum atomic E-state index is 0.201. The van der Waals surface area contributed by atoms with E-state index in [2.05, 4.69) is 39.8 Å². The van der Waals surface area contributed by atoms with Crippen molar-refractivity contribution in [2.24, 2.45) is 5.92 Å². The minimum Gasteiger partial charge on any atom is -0.371 e. The molecule has 2 fully saturated rings. The third-order valence-corrected chi connectivity index (χ3v) is 4.59. The molecule has 2 unspecified atom stereocenters. The molecule has 2 heterocycles. The van der Waals surface area contributed by atoms with Crippen LogP contribution in [0.4, 0.5) is 5.69 Å². The number of amides is 1. The van der Waals surface area contributed by atoms with Crippen LogP contribution < -0.4 is 15.5 Å². The van der Waals surface area contributed by atoms with Crippen molar-refractivity contribution in [3.8, 4) is 0 Å². The first-order chi connectivity index (χ1) is 10.3. The lowest BCUT2D eigenvalue weighted by molar-refractivity contribution is -0.121. The molecule has 2 aliphatic rings. The van der Waals surface area contributed by atoms with E-state index in [9.17, 15) is 4.79 Å². The van der Waals surface area contributed by atoms with E-state index in [4.69, 9.17) is 0 Å². The maximum atomic E-state index is 11.9. The van der Waals surface area contributed by atoms with Crippen molar-refractivity contribution >= 4 is 11.6 Å². The summed E-state index contributed by atoms with van der Waals surface area (Å²) in [4.78, 5) is 14.4. The van der Waals surface area contributed by atoms with Crippen LogP contribution in [0.5, 0.6) is 0 Å². The molecule has 21 heavy (non-hydrogen) atoms. The predicted molar refractivity (Wildman–Crippen MR) is 85.4 cm³/mol. The van der Waals surface area contributed by atoms with Crippen LogP contribution in [0.3, 0.4) is 0 Å². The summed E-state index contributed by atoms with van der Waals surface area (Å²) in [7, 11) is 0.